The van der Waals surface area contributed by atoms with Crippen molar-refractivity contribution in [1.29, 1.82) is 0 Å². The summed E-state index contributed by atoms with van der Waals surface area (Å²) in [5.41, 5.74) is 11.9. The third-order valence-corrected chi connectivity index (χ3v) is 2.06. The van der Waals surface area contributed by atoms with Crippen LogP contribution in [0.25, 0.3) is 0 Å². The lowest BCUT2D eigenvalue weighted by molar-refractivity contribution is 0.715. The van der Waals surface area contributed by atoms with Crippen LogP contribution in [-0.4, -0.2) is 11.5 Å². The van der Waals surface area contributed by atoms with Gasteiger partial charge in [-0.1, -0.05) is 0 Å². The molecule has 1 aromatic rings. The molecule has 0 fully saturated rings. The normalized spacial score (nSPS) is 11.2. The fraction of sp³-hybridized carbons (Fsp3) is 0.500. The van der Waals surface area contributed by atoms with Crippen LogP contribution in [0.2, 0.25) is 0 Å². The van der Waals surface area contributed by atoms with E-state index in [-0.39, 0.29) is 30.9 Å². The molecule has 0 saturated carbocycles. The van der Waals surface area contributed by atoms with Crippen molar-refractivity contribution in [3.05, 3.63) is 16.1 Å². The Bertz CT molecular complexity index is 216. The Morgan fingerprint density at radius 3 is 2.50 bits per heavy atom. The molecule has 0 radical (unpaired) electrons. The molecule has 0 saturated heterocycles. The van der Waals surface area contributed by atoms with Crippen LogP contribution in [0.1, 0.15) is 16.7 Å². The molecule has 0 aliphatic rings. The van der Waals surface area contributed by atoms with Crippen LogP contribution in [0.5, 0.6) is 0 Å². The molecule has 4 N–H and O–H groups in total. The van der Waals surface area contributed by atoms with Gasteiger partial charge >= 0.3 is 0 Å². The van der Waals surface area contributed by atoms with E-state index in [1.54, 1.807) is 11.3 Å². The first-order chi connectivity index (χ1) is 4.74. The summed E-state index contributed by atoms with van der Waals surface area (Å²) in [5, 5.41) is 2.99. The lowest BCUT2D eigenvalue weighted by Crippen LogP contribution is -2.20. The Hall–Kier alpha value is 0.130. The third kappa shape index (κ3) is 3.69. The van der Waals surface area contributed by atoms with E-state index >= 15 is 0 Å². The van der Waals surface area contributed by atoms with Crippen LogP contribution in [0.3, 0.4) is 0 Å². The maximum absolute atomic E-state index is 5.63. The summed E-state index contributed by atoms with van der Waals surface area (Å²) in [6.45, 7) is 2.42. The number of hydrogen-bond donors (Lipinski definition) is 2. The summed E-state index contributed by atoms with van der Waals surface area (Å²) in [7, 11) is 0. The maximum atomic E-state index is 5.63. The summed E-state index contributed by atoms with van der Waals surface area (Å²) in [5.74, 6) is 0. The second kappa shape index (κ2) is 6.62. The molecule has 0 aliphatic heterocycles. The highest BCUT2D eigenvalue weighted by Crippen LogP contribution is 2.12. The first-order valence-corrected chi connectivity index (χ1v) is 3.99. The molecule has 0 aliphatic carbocycles. The minimum Gasteiger partial charge on any atom is -0.329 e. The second-order valence-corrected chi connectivity index (χ2v) is 3.20. The second-order valence-electron chi connectivity index (χ2n) is 2.13. The summed E-state index contributed by atoms with van der Waals surface area (Å²) in [6, 6.07) is -0.0926. The molecule has 1 aromatic heterocycles. The quantitative estimate of drug-likeness (QED) is 0.803. The van der Waals surface area contributed by atoms with Crippen molar-refractivity contribution < 1.29 is 0 Å². The van der Waals surface area contributed by atoms with Gasteiger partial charge < -0.3 is 11.5 Å². The molecule has 0 aromatic carbocycles. The van der Waals surface area contributed by atoms with Gasteiger partial charge in [-0.15, -0.1) is 36.2 Å². The average Bonchev–Trinajstić information content (AvgIpc) is 2.34. The molecule has 1 atom stereocenters. The molecule has 0 amide bonds. The highest BCUT2D eigenvalue weighted by atomic mass is 35.5. The van der Waals surface area contributed by atoms with Crippen LogP contribution in [0.4, 0.5) is 0 Å². The van der Waals surface area contributed by atoms with E-state index in [1.165, 1.54) is 0 Å². The van der Waals surface area contributed by atoms with Crippen molar-refractivity contribution in [2.45, 2.75) is 13.0 Å². The van der Waals surface area contributed by atoms with E-state index in [4.69, 9.17) is 11.5 Å². The van der Waals surface area contributed by atoms with Crippen LogP contribution in [-0.2, 0) is 0 Å². The third-order valence-electron chi connectivity index (χ3n) is 1.27. The van der Waals surface area contributed by atoms with Gasteiger partial charge in [0.05, 0.1) is 16.7 Å². The topological polar surface area (TPSA) is 64.9 Å². The highest BCUT2D eigenvalue weighted by Gasteiger charge is 2.05. The highest BCUT2D eigenvalue weighted by molar-refractivity contribution is 7.09. The number of aryl methyl sites for hydroxylation is 1. The van der Waals surface area contributed by atoms with Gasteiger partial charge in [0, 0.05) is 11.9 Å². The smallest absolute Gasteiger partial charge is 0.0898 e. The minimum absolute atomic E-state index is 0. The molecule has 3 nitrogen and oxygen atoms in total. The lowest BCUT2D eigenvalue weighted by Gasteiger charge is -2.02. The van der Waals surface area contributed by atoms with Crippen LogP contribution in [0.15, 0.2) is 5.38 Å². The van der Waals surface area contributed by atoms with E-state index in [0.717, 1.165) is 10.7 Å². The van der Waals surface area contributed by atoms with Gasteiger partial charge in [0.2, 0.25) is 0 Å². The summed E-state index contributed by atoms with van der Waals surface area (Å²) in [4.78, 5) is 4.19. The van der Waals surface area contributed by atoms with Crippen LogP contribution in [0, 0.1) is 6.92 Å². The zero-order valence-electron chi connectivity index (χ0n) is 6.69. The largest absolute Gasteiger partial charge is 0.329 e. The van der Waals surface area contributed by atoms with Crippen molar-refractivity contribution in [3.63, 3.8) is 0 Å². The van der Waals surface area contributed by atoms with Crippen molar-refractivity contribution >= 4 is 36.2 Å². The molecular formula is C6H13Cl2N3S. The fourth-order valence-electron chi connectivity index (χ4n) is 0.671. The SMILES string of the molecule is Cc1nc(C(N)CN)cs1.Cl.Cl. The number of nitrogens with two attached hydrogens (primary N) is 2. The van der Waals surface area contributed by atoms with Gasteiger partial charge in [-0.3, -0.25) is 0 Å². The number of rotatable bonds is 2. The average molecular weight is 230 g/mol. The van der Waals surface area contributed by atoms with Gasteiger partial charge in [-0.05, 0) is 6.92 Å². The molecular weight excluding hydrogens is 217 g/mol. The van der Waals surface area contributed by atoms with Gasteiger partial charge in [0.15, 0.2) is 0 Å². The Labute approximate surface area is 88.4 Å². The fourth-order valence-corrected chi connectivity index (χ4v) is 1.35. The Balaban J connectivity index is 0. The maximum Gasteiger partial charge on any atom is 0.0898 e. The van der Waals surface area contributed by atoms with Crippen LogP contribution < -0.4 is 11.5 Å². The van der Waals surface area contributed by atoms with E-state index < -0.39 is 0 Å². The number of nitrogens with zero attached hydrogens (tertiary/aromatic N) is 1. The predicted molar refractivity (Wildman–Crippen MR) is 57.3 cm³/mol. The van der Waals surface area contributed by atoms with E-state index in [1.807, 2.05) is 12.3 Å². The first kappa shape index (κ1) is 14.6. The molecule has 1 rings (SSSR count). The Kier molecular flexibility index (Phi) is 8.08. The standard InChI is InChI=1S/C6H11N3S.2ClH/c1-4-9-6(3-10-4)5(8)2-7;;/h3,5H,2,7-8H2,1H3;2*1H. The Morgan fingerprint density at radius 2 is 2.17 bits per heavy atom. The lowest BCUT2D eigenvalue weighted by atomic mass is 10.2. The predicted octanol–water partition coefficient (Wildman–Crippen LogP) is 1.25. The zero-order chi connectivity index (χ0) is 7.56. The number of halogens is 2. The van der Waals surface area contributed by atoms with Crippen molar-refractivity contribution in [2.24, 2.45) is 11.5 Å². The molecule has 1 heterocycles. The summed E-state index contributed by atoms with van der Waals surface area (Å²) >= 11 is 1.60. The van der Waals surface area contributed by atoms with Crippen molar-refractivity contribution in [1.82, 2.24) is 4.98 Å². The molecule has 6 heteroatoms. The molecule has 0 spiro atoms. The van der Waals surface area contributed by atoms with Gasteiger partial charge in [-0.2, -0.15) is 0 Å². The number of thiazole rings is 1. The van der Waals surface area contributed by atoms with E-state index in [0.29, 0.717) is 6.54 Å². The summed E-state index contributed by atoms with van der Waals surface area (Å²) < 4.78 is 0. The minimum atomic E-state index is -0.0926. The molecule has 1 unspecified atom stereocenters. The Morgan fingerprint density at radius 1 is 1.58 bits per heavy atom. The number of hydrogen-bond acceptors (Lipinski definition) is 4. The van der Waals surface area contributed by atoms with Crippen molar-refractivity contribution in [3.8, 4) is 0 Å². The molecule has 72 valence electrons. The summed E-state index contributed by atoms with van der Waals surface area (Å²) in [6.07, 6.45) is 0. The van der Waals surface area contributed by atoms with E-state index in [2.05, 4.69) is 4.98 Å². The molecule has 12 heavy (non-hydrogen) atoms. The number of aromatic nitrogens is 1. The van der Waals surface area contributed by atoms with Gasteiger partial charge in [0.25, 0.3) is 0 Å². The van der Waals surface area contributed by atoms with Crippen molar-refractivity contribution in [2.75, 3.05) is 6.54 Å². The monoisotopic (exact) mass is 229 g/mol. The zero-order valence-corrected chi connectivity index (χ0v) is 9.14. The molecule has 0 bridgehead atoms. The van der Waals surface area contributed by atoms with E-state index in [9.17, 15) is 0 Å². The van der Waals surface area contributed by atoms with Gasteiger partial charge in [-0.25, -0.2) is 4.98 Å². The van der Waals surface area contributed by atoms with Crippen LogP contribution >= 0.6 is 36.2 Å². The van der Waals surface area contributed by atoms with Gasteiger partial charge in [0.1, 0.15) is 0 Å². The first-order valence-electron chi connectivity index (χ1n) is 3.11.